The van der Waals surface area contributed by atoms with E-state index >= 15 is 0 Å². The zero-order valence-corrected chi connectivity index (χ0v) is 16.9. The van der Waals surface area contributed by atoms with Gasteiger partial charge in [-0.15, -0.1) is 0 Å². The summed E-state index contributed by atoms with van der Waals surface area (Å²) >= 11 is 0. The van der Waals surface area contributed by atoms with Gasteiger partial charge in [0.25, 0.3) is 11.6 Å². The summed E-state index contributed by atoms with van der Waals surface area (Å²) in [5.74, 6) is -0.347. The molecule has 1 fully saturated rings. The molecule has 2 aromatic rings. The van der Waals surface area contributed by atoms with Crippen molar-refractivity contribution in [2.75, 3.05) is 17.5 Å². The average molecular weight is 432 g/mol. The van der Waals surface area contributed by atoms with Crippen molar-refractivity contribution in [3.05, 3.63) is 69.8 Å². The predicted molar refractivity (Wildman–Crippen MR) is 109 cm³/mol. The molecule has 30 heavy (non-hydrogen) atoms. The van der Waals surface area contributed by atoms with Crippen molar-refractivity contribution in [2.45, 2.75) is 18.9 Å². The molecule has 2 aromatic carbocycles. The van der Waals surface area contributed by atoms with Gasteiger partial charge in [-0.1, -0.05) is 24.3 Å². The zero-order chi connectivity index (χ0) is 21.9. The maximum Gasteiger partial charge on any atom is 0.324 e. The fourth-order valence-corrected chi connectivity index (χ4v) is 3.68. The molecule has 1 aliphatic heterocycles. The summed E-state index contributed by atoms with van der Waals surface area (Å²) in [6.07, 6.45) is 1.71. The number of nitrogens with one attached hydrogen (secondary N) is 2. The number of nitro benzene ring substituents is 1. The van der Waals surface area contributed by atoms with Crippen LogP contribution < -0.4 is 10.0 Å². The van der Waals surface area contributed by atoms with Gasteiger partial charge in [0.15, 0.2) is 0 Å². The van der Waals surface area contributed by atoms with Crippen molar-refractivity contribution in [3.8, 4) is 0 Å². The van der Waals surface area contributed by atoms with Crippen LogP contribution in [-0.2, 0) is 27.7 Å². The standard InChI is InChI=1S/C19H20N4O6S/c1-30(28,29)21-15-6-2-14(3-7-15)12-17-18(24)22(19(25)20-17)11-10-13-4-8-16(9-5-13)23(26)27/h2-9,17,21H,10-12H2,1H3,(H,20,25). The molecule has 0 saturated carbocycles. The number of nitro groups is 1. The van der Waals surface area contributed by atoms with E-state index in [-0.39, 0.29) is 24.6 Å². The van der Waals surface area contributed by atoms with E-state index in [9.17, 15) is 28.1 Å². The number of non-ortho nitro benzene ring substituents is 1. The third-order valence-electron chi connectivity index (χ3n) is 4.58. The van der Waals surface area contributed by atoms with E-state index in [1.54, 1.807) is 36.4 Å². The van der Waals surface area contributed by atoms with Gasteiger partial charge in [-0.2, -0.15) is 0 Å². The second-order valence-corrected chi connectivity index (χ2v) is 8.69. The smallest absolute Gasteiger partial charge is 0.324 e. The van der Waals surface area contributed by atoms with Crippen LogP contribution in [0.15, 0.2) is 48.5 Å². The van der Waals surface area contributed by atoms with E-state index in [1.807, 2.05) is 0 Å². The first-order chi connectivity index (χ1) is 14.1. The van der Waals surface area contributed by atoms with Crippen molar-refractivity contribution in [3.63, 3.8) is 0 Å². The molecule has 2 N–H and O–H groups in total. The SMILES string of the molecule is CS(=O)(=O)Nc1ccc(CC2NC(=O)N(CCc3ccc([N+](=O)[O-])cc3)C2=O)cc1. The van der Waals surface area contributed by atoms with Crippen molar-refractivity contribution in [1.29, 1.82) is 0 Å². The summed E-state index contributed by atoms with van der Waals surface area (Å²) in [4.78, 5) is 36.1. The normalized spacial score (nSPS) is 16.4. The summed E-state index contributed by atoms with van der Waals surface area (Å²) in [5.41, 5.74) is 1.93. The number of carbonyl (C=O) groups excluding carboxylic acids is 2. The number of amides is 3. The minimum atomic E-state index is -3.37. The van der Waals surface area contributed by atoms with E-state index < -0.39 is 27.0 Å². The Morgan fingerprint density at radius 1 is 1.07 bits per heavy atom. The van der Waals surface area contributed by atoms with Gasteiger partial charge in [-0.05, 0) is 29.7 Å². The highest BCUT2D eigenvalue weighted by Gasteiger charge is 2.37. The number of imide groups is 1. The van der Waals surface area contributed by atoms with Crippen molar-refractivity contribution in [2.24, 2.45) is 0 Å². The third kappa shape index (κ3) is 5.32. The Hall–Kier alpha value is -3.47. The second kappa shape index (κ2) is 8.49. The molecule has 1 saturated heterocycles. The van der Waals surface area contributed by atoms with Crippen LogP contribution in [0.2, 0.25) is 0 Å². The Labute approximate surface area is 173 Å². The maximum atomic E-state index is 12.6. The molecule has 3 rings (SSSR count). The number of rotatable bonds is 8. The molecule has 10 nitrogen and oxygen atoms in total. The van der Waals surface area contributed by atoms with Crippen molar-refractivity contribution in [1.82, 2.24) is 10.2 Å². The van der Waals surface area contributed by atoms with Gasteiger partial charge in [0.2, 0.25) is 10.0 Å². The molecule has 1 unspecified atom stereocenters. The summed E-state index contributed by atoms with van der Waals surface area (Å²) in [7, 11) is -3.37. The van der Waals surface area contributed by atoms with Gasteiger partial charge in [0.1, 0.15) is 6.04 Å². The van der Waals surface area contributed by atoms with E-state index in [2.05, 4.69) is 10.0 Å². The first-order valence-electron chi connectivity index (χ1n) is 9.04. The Morgan fingerprint density at radius 2 is 1.67 bits per heavy atom. The van der Waals surface area contributed by atoms with Crippen LogP contribution in [0.25, 0.3) is 0 Å². The molecular formula is C19H20N4O6S. The van der Waals surface area contributed by atoms with E-state index in [0.29, 0.717) is 12.1 Å². The lowest BCUT2D eigenvalue weighted by Crippen LogP contribution is -2.33. The predicted octanol–water partition coefficient (Wildman–Crippen LogP) is 1.67. The molecule has 0 radical (unpaired) electrons. The minimum Gasteiger partial charge on any atom is -0.325 e. The fourth-order valence-electron chi connectivity index (χ4n) is 3.11. The van der Waals surface area contributed by atoms with Crippen LogP contribution >= 0.6 is 0 Å². The van der Waals surface area contributed by atoms with Crippen LogP contribution in [-0.4, -0.2) is 49.0 Å². The van der Waals surface area contributed by atoms with Crippen LogP contribution in [0.1, 0.15) is 11.1 Å². The molecular weight excluding hydrogens is 412 g/mol. The van der Waals surface area contributed by atoms with Gasteiger partial charge in [-0.25, -0.2) is 13.2 Å². The van der Waals surface area contributed by atoms with Crippen molar-refractivity contribution >= 4 is 33.3 Å². The summed E-state index contributed by atoms with van der Waals surface area (Å²) < 4.78 is 24.9. The van der Waals surface area contributed by atoms with E-state index in [0.717, 1.165) is 22.3 Å². The molecule has 1 heterocycles. The Bertz CT molecular complexity index is 1070. The number of anilines is 1. The molecule has 3 amide bonds. The minimum absolute atomic E-state index is 0.0217. The summed E-state index contributed by atoms with van der Waals surface area (Å²) in [6.45, 7) is 0.163. The first-order valence-corrected chi connectivity index (χ1v) is 10.9. The lowest BCUT2D eigenvalue weighted by molar-refractivity contribution is -0.384. The molecule has 0 aromatic heterocycles. The highest BCUT2D eigenvalue weighted by Crippen LogP contribution is 2.17. The van der Waals surface area contributed by atoms with Gasteiger partial charge in [-0.3, -0.25) is 24.5 Å². The number of hydrogen-bond acceptors (Lipinski definition) is 6. The Morgan fingerprint density at radius 3 is 2.23 bits per heavy atom. The summed E-state index contributed by atoms with van der Waals surface area (Å²) in [6, 6.07) is 11.3. The largest absolute Gasteiger partial charge is 0.325 e. The zero-order valence-electron chi connectivity index (χ0n) is 16.1. The Kier molecular flexibility index (Phi) is 6.01. The fraction of sp³-hybridized carbons (Fsp3) is 0.263. The summed E-state index contributed by atoms with van der Waals surface area (Å²) in [5, 5.41) is 13.4. The molecule has 1 aliphatic rings. The molecule has 0 spiro atoms. The number of urea groups is 1. The topological polar surface area (TPSA) is 139 Å². The average Bonchev–Trinajstić information content (AvgIpc) is 2.94. The van der Waals surface area contributed by atoms with Crippen LogP contribution in [0.3, 0.4) is 0 Å². The number of hydrogen-bond donors (Lipinski definition) is 2. The van der Waals surface area contributed by atoms with Crippen LogP contribution in [0.4, 0.5) is 16.2 Å². The number of carbonyl (C=O) groups is 2. The highest BCUT2D eigenvalue weighted by atomic mass is 32.2. The van der Waals surface area contributed by atoms with Crippen LogP contribution in [0, 0.1) is 10.1 Å². The van der Waals surface area contributed by atoms with Crippen LogP contribution in [0.5, 0.6) is 0 Å². The molecule has 1 atom stereocenters. The quantitative estimate of drug-likeness (QED) is 0.370. The van der Waals surface area contributed by atoms with Crippen molar-refractivity contribution < 1.29 is 22.9 Å². The second-order valence-electron chi connectivity index (χ2n) is 6.94. The monoisotopic (exact) mass is 432 g/mol. The molecule has 0 bridgehead atoms. The third-order valence-corrected chi connectivity index (χ3v) is 5.18. The lowest BCUT2D eigenvalue weighted by Gasteiger charge is -2.13. The van der Waals surface area contributed by atoms with Gasteiger partial charge < -0.3 is 5.32 Å². The number of benzene rings is 2. The maximum absolute atomic E-state index is 12.6. The van der Waals surface area contributed by atoms with Gasteiger partial charge in [0.05, 0.1) is 11.2 Å². The van der Waals surface area contributed by atoms with E-state index in [1.165, 1.54) is 12.1 Å². The number of sulfonamides is 1. The first kappa shape index (κ1) is 21.2. The highest BCUT2D eigenvalue weighted by molar-refractivity contribution is 7.92. The number of nitrogens with zero attached hydrogens (tertiary/aromatic N) is 2. The molecule has 158 valence electrons. The van der Waals surface area contributed by atoms with Gasteiger partial charge in [0, 0.05) is 30.8 Å². The lowest BCUT2D eigenvalue weighted by atomic mass is 10.1. The molecule has 0 aliphatic carbocycles. The van der Waals surface area contributed by atoms with Gasteiger partial charge >= 0.3 is 6.03 Å². The van der Waals surface area contributed by atoms with E-state index in [4.69, 9.17) is 0 Å². The Balaban J connectivity index is 1.58. The molecule has 11 heteroatoms.